The second kappa shape index (κ2) is 25.2. The fourth-order valence-electron chi connectivity index (χ4n) is 5.65. The molecule has 2 aromatic carbocycles. The van der Waals surface area contributed by atoms with Gasteiger partial charge in [0, 0.05) is 16.5 Å². The summed E-state index contributed by atoms with van der Waals surface area (Å²) in [6.45, 7) is 13.5. The number of hydrogen-bond donors (Lipinski definition) is 0. The molecule has 0 aliphatic rings. The Bertz CT molecular complexity index is 1080. The number of allylic oxidation sites excluding steroid dienone is 2. The van der Waals surface area contributed by atoms with Gasteiger partial charge < -0.3 is 0 Å². The molecule has 0 fully saturated rings. The summed E-state index contributed by atoms with van der Waals surface area (Å²) in [5.74, 6) is 0. The molecule has 0 spiro atoms. The van der Waals surface area contributed by atoms with E-state index in [1.807, 2.05) is 0 Å². The molecular weight excluding hydrogens is 579 g/mol. The van der Waals surface area contributed by atoms with Crippen LogP contribution in [0.25, 0.3) is 0 Å². The monoisotopic (exact) mass is 642 g/mol. The van der Waals surface area contributed by atoms with Crippen LogP contribution in [0.5, 0.6) is 0 Å². The van der Waals surface area contributed by atoms with Crippen molar-refractivity contribution in [1.82, 2.24) is 0 Å². The molecule has 0 aliphatic carbocycles. The normalized spacial score (nSPS) is 12.2. The zero-order chi connectivity index (χ0) is 31.1. The van der Waals surface area contributed by atoms with Gasteiger partial charge in [-0.15, -0.1) is 0 Å². The zero-order valence-corrected chi connectivity index (χ0v) is 30.3. The van der Waals surface area contributed by atoms with Crippen LogP contribution in [0, 0.1) is 0 Å². The van der Waals surface area contributed by atoms with Gasteiger partial charge in [-0.05, 0) is 104 Å². The van der Waals surface area contributed by atoms with Crippen LogP contribution in [0.1, 0.15) is 160 Å². The molecule has 0 N–H and O–H groups in total. The van der Waals surface area contributed by atoms with Crippen LogP contribution in [0.2, 0.25) is 0 Å². The summed E-state index contributed by atoms with van der Waals surface area (Å²) >= 11 is 0. The van der Waals surface area contributed by atoms with E-state index in [2.05, 4.69) is 90.1 Å². The Morgan fingerprint density at radius 2 is 0.909 bits per heavy atom. The second-order valence-corrected chi connectivity index (χ2v) is 12.3. The number of aliphatic imine (C=N–C) groups is 2. The van der Waals surface area contributed by atoms with Gasteiger partial charge in [-0.25, -0.2) is 4.99 Å². The Kier molecular flexibility index (Phi) is 23.0. The minimum atomic E-state index is 0. The molecule has 0 saturated heterocycles. The van der Waals surface area contributed by atoms with Crippen molar-refractivity contribution in [3.63, 3.8) is 0 Å². The van der Waals surface area contributed by atoms with Crippen LogP contribution in [0.3, 0.4) is 0 Å². The molecule has 0 unspecified atom stereocenters. The second-order valence-electron chi connectivity index (χ2n) is 12.3. The van der Waals surface area contributed by atoms with E-state index in [0.717, 1.165) is 67.7 Å². The molecule has 0 aromatic heterocycles. The van der Waals surface area contributed by atoms with Gasteiger partial charge in [0.25, 0.3) is 0 Å². The molecule has 0 bridgehead atoms. The Balaban J connectivity index is 0.00000968. The third-order valence-electron chi connectivity index (χ3n) is 8.53. The molecule has 248 valence electrons. The molecule has 2 nitrogen and oxygen atoms in total. The molecule has 0 atom stereocenters. The number of nitrogens with zero attached hydrogens (tertiary/aromatic N) is 2. The van der Waals surface area contributed by atoms with E-state index in [9.17, 15) is 0 Å². The van der Waals surface area contributed by atoms with Crippen molar-refractivity contribution in [3.8, 4) is 0 Å². The fourth-order valence-corrected chi connectivity index (χ4v) is 5.65. The minimum absolute atomic E-state index is 0. The van der Waals surface area contributed by atoms with Crippen molar-refractivity contribution in [3.05, 3.63) is 70.8 Å². The van der Waals surface area contributed by atoms with Crippen molar-refractivity contribution >= 4 is 22.8 Å². The first-order chi connectivity index (χ1) is 21.1. The third-order valence-corrected chi connectivity index (χ3v) is 8.53. The van der Waals surface area contributed by atoms with Crippen LogP contribution in [-0.2, 0) is 42.2 Å². The molecule has 2 aromatic rings. The van der Waals surface area contributed by atoms with Gasteiger partial charge in [0.05, 0.1) is 22.8 Å². The SMILES string of the molecule is CCCCCCCCCCCC/C=C/C(=N\c1cc(CC)cc(CC)c1)C(/CCCCC)=N/c1cc(CC)cc(CC)c1.[Ni]. The van der Waals surface area contributed by atoms with Gasteiger partial charge in [0.15, 0.2) is 0 Å². The summed E-state index contributed by atoms with van der Waals surface area (Å²) in [5.41, 5.74) is 9.76. The van der Waals surface area contributed by atoms with E-state index >= 15 is 0 Å². The first kappa shape index (κ1) is 40.0. The fraction of sp³-hybridized carbons (Fsp3) is 0.610. The number of benzene rings is 2. The summed E-state index contributed by atoms with van der Waals surface area (Å²) in [4.78, 5) is 10.7. The largest absolute Gasteiger partial charge is 0.251 e. The van der Waals surface area contributed by atoms with Gasteiger partial charge in [-0.1, -0.05) is 130 Å². The number of unbranched alkanes of at least 4 members (excludes halogenated alkanes) is 12. The van der Waals surface area contributed by atoms with E-state index < -0.39 is 0 Å². The summed E-state index contributed by atoms with van der Waals surface area (Å²) in [7, 11) is 0. The Labute approximate surface area is 282 Å². The number of rotatable bonds is 23. The van der Waals surface area contributed by atoms with Crippen molar-refractivity contribution in [1.29, 1.82) is 0 Å². The van der Waals surface area contributed by atoms with Gasteiger partial charge >= 0.3 is 0 Å². The van der Waals surface area contributed by atoms with Gasteiger partial charge in [-0.2, -0.15) is 0 Å². The molecule has 0 radical (unpaired) electrons. The summed E-state index contributed by atoms with van der Waals surface area (Å²) in [6, 6.07) is 13.8. The molecule has 0 amide bonds. The first-order valence-electron chi connectivity index (χ1n) is 18.1. The van der Waals surface area contributed by atoms with Gasteiger partial charge in [-0.3, -0.25) is 4.99 Å². The number of hydrogen-bond acceptors (Lipinski definition) is 2. The predicted molar refractivity (Wildman–Crippen MR) is 194 cm³/mol. The molecule has 3 heteroatoms. The average Bonchev–Trinajstić information content (AvgIpc) is 3.03. The minimum Gasteiger partial charge on any atom is -0.251 e. The van der Waals surface area contributed by atoms with Crippen molar-refractivity contribution in [2.24, 2.45) is 9.98 Å². The van der Waals surface area contributed by atoms with Crippen LogP contribution >= 0.6 is 0 Å². The smallest absolute Gasteiger partial charge is 0.0848 e. The quantitative estimate of drug-likeness (QED) is 0.0654. The Hall–Kier alpha value is -1.99. The maximum Gasteiger partial charge on any atom is 0.0848 e. The third kappa shape index (κ3) is 16.4. The standard InChI is InChI=1S/C41H64N2.Ni/c1-7-13-15-16-17-18-19-20-21-22-23-25-27-41(43-39-32-36(11-5)29-37(12-6)33-39)40(26-24-14-8-2)42-38-30-34(9-3)28-35(10-4)31-38;/h25,27-33H,7-24,26H2,1-6H3;/b27-25+,42-40+,43-41+;. The van der Waals surface area contributed by atoms with Crippen LogP contribution in [-0.4, -0.2) is 11.4 Å². The van der Waals surface area contributed by atoms with E-state index in [4.69, 9.17) is 9.98 Å². The number of aryl methyl sites for hydroxylation is 4. The molecule has 0 saturated carbocycles. The predicted octanol–water partition coefficient (Wildman–Crippen LogP) is 13.2. The molecule has 0 heterocycles. The topological polar surface area (TPSA) is 24.7 Å². The summed E-state index contributed by atoms with van der Waals surface area (Å²) < 4.78 is 0. The maximum atomic E-state index is 5.34. The van der Waals surface area contributed by atoms with Gasteiger partial charge in [0.2, 0.25) is 0 Å². The molecule has 2 rings (SSSR count). The van der Waals surface area contributed by atoms with Crippen LogP contribution in [0.4, 0.5) is 11.4 Å². The van der Waals surface area contributed by atoms with E-state index in [0.29, 0.717) is 0 Å². The van der Waals surface area contributed by atoms with E-state index in [1.165, 1.54) is 99.3 Å². The maximum absolute atomic E-state index is 5.34. The molecule has 0 aliphatic heterocycles. The summed E-state index contributed by atoms with van der Waals surface area (Å²) in [6.07, 6.45) is 28.1. The van der Waals surface area contributed by atoms with Crippen LogP contribution < -0.4 is 0 Å². The first-order valence-corrected chi connectivity index (χ1v) is 18.1. The van der Waals surface area contributed by atoms with Crippen molar-refractivity contribution in [2.45, 2.75) is 164 Å². The average molecular weight is 644 g/mol. The van der Waals surface area contributed by atoms with E-state index in [1.54, 1.807) is 0 Å². The zero-order valence-electron chi connectivity index (χ0n) is 29.3. The Morgan fingerprint density at radius 3 is 1.36 bits per heavy atom. The van der Waals surface area contributed by atoms with Crippen LogP contribution in [0.15, 0.2) is 58.5 Å². The molecular formula is C41H64N2Ni. The van der Waals surface area contributed by atoms with Crippen molar-refractivity contribution in [2.75, 3.05) is 0 Å². The van der Waals surface area contributed by atoms with Gasteiger partial charge in [0.1, 0.15) is 0 Å². The van der Waals surface area contributed by atoms with E-state index in [-0.39, 0.29) is 16.5 Å². The summed E-state index contributed by atoms with van der Waals surface area (Å²) in [5, 5.41) is 0. The van der Waals surface area contributed by atoms with Crippen molar-refractivity contribution < 1.29 is 16.5 Å². The molecule has 44 heavy (non-hydrogen) atoms. The Morgan fingerprint density at radius 1 is 0.500 bits per heavy atom.